The van der Waals surface area contributed by atoms with Crippen molar-refractivity contribution in [3.63, 3.8) is 0 Å². The second-order valence-corrected chi connectivity index (χ2v) is 7.29. The molecule has 1 aliphatic rings. The molecular weight excluding hydrogens is 390 g/mol. The maximum absolute atomic E-state index is 12.7. The van der Waals surface area contributed by atoms with E-state index in [4.69, 9.17) is 17.0 Å². The van der Waals surface area contributed by atoms with Crippen molar-refractivity contribution < 1.29 is 14.5 Å². The van der Waals surface area contributed by atoms with Gasteiger partial charge in [-0.05, 0) is 73.9 Å². The Kier molecular flexibility index (Phi) is 5.65. The Morgan fingerprint density at radius 3 is 2.24 bits per heavy atom. The smallest absolute Gasteiger partial charge is 0.337 e. The first-order valence-corrected chi connectivity index (χ1v) is 9.36. The molecule has 8 heteroatoms. The first-order chi connectivity index (χ1) is 13.7. The molecule has 2 aromatic rings. The lowest BCUT2D eigenvalue weighted by Crippen LogP contribution is -2.48. The molecule has 1 atom stereocenters. The number of thiocarbonyl (C=S) groups is 1. The summed E-state index contributed by atoms with van der Waals surface area (Å²) in [5.41, 5.74) is 4.70. The monoisotopic (exact) mass is 411 g/mol. The van der Waals surface area contributed by atoms with E-state index in [-0.39, 0.29) is 5.69 Å². The van der Waals surface area contributed by atoms with Crippen molar-refractivity contribution in [3.8, 4) is 0 Å². The number of anilines is 1. The number of esters is 1. The molecule has 0 aromatic heterocycles. The summed E-state index contributed by atoms with van der Waals surface area (Å²) in [6, 6.07) is 11.5. The minimum atomic E-state index is -0.571. The summed E-state index contributed by atoms with van der Waals surface area (Å²) in [6.07, 6.45) is 0. The van der Waals surface area contributed by atoms with Crippen LogP contribution in [0.3, 0.4) is 0 Å². The number of aryl methyl sites for hydroxylation is 2. The molecule has 7 nitrogen and oxygen atoms in total. The lowest BCUT2D eigenvalue weighted by molar-refractivity contribution is -0.384. The summed E-state index contributed by atoms with van der Waals surface area (Å²) in [5.74, 6) is -0.491. The summed E-state index contributed by atoms with van der Waals surface area (Å²) in [5, 5.41) is 14.6. The van der Waals surface area contributed by atoms with Crippen molar-refractivity contribution in [2.75, 3.05) is 12.0 Å². The fourth-order valence-electron chi connectivity index (χ4n) is 3.55. The molecule has 1 heterocycles. The highest BCUT2D eigenvalue weighted by Gasteiger charge is 2.35. The summed E-state index contributed by atoms with van der Waals surface area (Å²) in [4.78, 5) is 24.9. The summed E-state index contributed by atoms with van der Waals surface area (Å²) in [6.45, 7) is 5.81. The predicted molar refractivity (Wildman–Crippen MR) is 115 cm³/mol. The van der Waals surface area contributed by atoms with Gasteiger partial charge in [-0.25, -0.2) is 4.79 Å². The zero-order valence-electron chi connectivity index (χ0n) is 16.6. The van der Waals surface area contributed by atoms with Crippen LogP contribution in [0.15, 0.2) is 53.7 Å². The number of benzene rings is 2. The Bertz CT molecular complexity index is 1010. The molecule has 0 fully saturated rings. The van der Waals surface area contributed by atoms with E-state index in [0.29, 0.717) is 21.9 Å². The third-order valence-corrected chi connectivity index (χ3v) is 5.09. The normalized spacial score (nSPS) is 16.5. The molecular formula is C21H21N3O4S. The first-order valence-electron chi connectivity index (χ1n) is 8.95. The lowest BCUT2D eigenvalue weighted by atomic mass is 9.94. The minimum absolute atomic E-state index is 0.0238. The van der Waals surface area contributed by atoms with E-state index >= 15 is 0 Å². The van der Waals surface area contributed by atoms with Crippen molar-refractivity contribution >= 4 is 34.7 Å². The van der Waals surface area contributed by atoms with Gasteiger partial charge in [0.1, 0.15) is 0 Å². The van der Waals surface area contributed by atoms with Gasteiger partial charge in [0.15, 0.2) is 5.11 Å². The standard InChI is InChI=1S/C21H21N3O4S/c1-12-9-13(2)11-17(10-12)23-14(3)18(20(25)28-4)19(22-21(23)29)15-5-7-16(8-6-15)24(26)27/h5-11,19H,1-4H3,(H,22,29)/t19-/m1/s1. The van der Waals surface area contributed by atoms with Crippen LogP contribution in [0.2, 0.25) is 0 Å². The molecule has 2 aromatic carbocycles. The quantitative estimate of drug-likeness (QED) is 0.351. The van der Waals surface area contributed by atoms with Gasteiger partial charge >= 0.3 is 5.97 Å². The van der Waals surface area contributed by atoms with E-state index in [0.717, 1.165) is 16.8 Å². The van der Waals surface area contributed by atoms with E-state index in [1.54, 1.807) is 12.1 Å². The van der Waals surface area contributed by atoms with Crippen molar-refractivity contribution in [2.45, 2.75) is 26.8 Å². The van der Waals surface area contributed by atoms with Crippen LogP contribution in [0.1, 0.15) is 29.7 Å². The highest BCUT2D eigenvalue weighted by molar-refractivity contribution is 7.80. The highest BCUT2D eigenvalue weighted by Crippen LogP contribution is 2.35. The summed E-state index contributed by atoms with van der Waals surface area (Å²) in [7, 11) is 1.32. The van der Waals surface area contributed by atoms with Crippen LogP contribution in [0.25, 0.3) is 0 Å². The van der Waals surface area contributed by atoms with Gasteiger partial charge in [0, 0.05) is 23.5 Å². The topological polar surface area (TPSA) is 84.7 Å². The molecule has 0 amide bonds. The van der Waals surface area contributed by atoms with Gasteiger partial charge in [0.25, 0.3) is 5.69 Å². The largest absolute Gasteiger partial charge is 0.466 e. The molecule has 0 radical (unpaired) electrons. The average Bonchev–Trinajstić information content (AvgIpc) is 2.66. The summed E-state index contributed by atoms with van der Waals surface area (Å²) < 4.78 is 5.03. The van der Waals surface area contributed by atoms with Gasteiger partial charge in [0.2, 0.25) is 0 Å². The molecule has 29 heavy (non-hydrogen) atoms. The number of nitro benzene ring substituents is 1. The average molecular weight is 411 g/mol. The molecule has 0 saturated carbocycles. The van der Waals surface area contributed by atoms with E-state index in [1.807, 2.05) is 37.8 Å². The zero-order valence-corrected chi connectivity index (χ0v) is 17.4. The van der Waals surface area contributed by atoms with Crippen LogP contribution in [-0.2, 0) is 9.53 Å². The molecule has 0 bridgehead atoms. The second-order valence-electron chi connectivity index (χ2n) is 6.90. The fourth-order valence-corrected chi connectivity index (χ4v) is 3.91. The molecule has 0 unspecified atom stereocenters. The molecule has 0 aliphatic carbocycles. The summed E-state index contributed by atoms with van der Waals surface area (Å²) >= 11 is 5.61. The number of carbonyl (C=O) groups excluding carboxylic acids is 1. The molecule has 1 N–H and O–H groups in total. The SMILES string of the molecule is COC(=O)C1=C(C)N(c2cc(C)cc(C)c2)C(=S)N[C@@H]1c1ccc([N+](=O)[O-])cc1. The Hall–Kier alpha value is -3.26. The second kappa shape index (κ2) is 8.00. The number of nitro groups is 1. The van der Waals surface area contributed by atoms with E-state index < -0.39 is 16.9 Å². The first kappa shape index (κ1) is 20.5. The Labute approximate surface area is 174 Å². The highest BCUT2D eigenvalue weighted by atomic mass is 32.1. The molecule has 0 spiro atoms. The van der Waals surface area contributed by atoms with Crippen LogP contribution in [0.4, 0.5) is 11.4 Å². The number of nitrogens with zero attached hydrogens (tertiary/aromatic N) is 2. The number of hydrogen-bond acceptors (Lipinski definition) is 5. The predicted octanol–water partition coefficient (Wildman–Crippen LogP) is 4.09. The maximum atomic E-state index is 12.7. The van der Waals surface area contributed by atoms with Gasteiger partial charge in [0.05, 0.1) is 23.6 Å². The number of methoxy groups -OCH3 is 1. The van der Waals surface area contributed by atoms with Crippen molar-refractivity contribution in [1.82, 2.24) is 5.32 Å². The van der Waals surface area contributed by atoms with Crippen molar-refractivity contribution in [3.05, 3.63) is 80.5 Å². The number of hydrogen-bond donors (Lipinski definition) is 1. The van der Waals surface area contributed by atoms with Crippen LogP contribution in [-0.4, -0.2) is 23.1 Å². The molecule has 3 rings (SSSR count). The van der Waals surface area contributed by atoms with Gasteiger partial charge in [-0.1, -0.05) is 6.07 Å². The van der Waals surface area contributed by atoms with Gasteiger partial charge in [-0.3, -0.25) is 15.0 Å². The number of rotatable bonds is 4. The van der Waals surface area contributed by atoms with Crippen LogP contribution in [0, 0.1) is 24.0 Å². The molecule has 150 valence electrons. The van der Waals surface area contributed by atoms with E-state index in [2.05, 4.69) is 11.4 Å². The minimum Gasteiger partial charge on any atom is -0.466 e. The Morgan fingerprint density at radius 1 is 1.14 bits per heavy atom. The Balaban J connectivity index is 2.13. The fraction of sp³-hybridized carbons (Fsp3) is 0.238. The van der Waals surface area contributed by atoms with Crippen LogP contribution < -0.4 is 10.2 Å². The van der Waals surface area contributed by atoms with E-state index in [1.165, 1.54) is 19.2 Å². The number of carbonyl (C=O) groups is 1. The number of nitrogens with one attached hydrogen (secondary N) is 1. The number of allylic oxidation sites excluding steroid dienone is 1. The van der Waals surface area contributed by atoms with Gasteiger partial charge in [-0.15, -0.1) is 0 Å². The number of non-ortho nitro benzene ring substituents is 1. The van der Waals surface area contributed by atoms with E-state index in [9.17, 15) is 14.9 Å². The van der Waals surface area contributed by atoms with Crippen molar-refractivity contribution in [1.29, 1.82) is 0 Å². The van der Waals surface area contributed by atoms with Crippen LogP contribution >= 0.6 is 12.2 Å². The zero-order chi connectivity index (χ0) is 21.3. The molecule has 0 saturated heterocycles. The van der Waals surface area contributed by atoms with Gasteiger partial charge < -0.3 is 10.1 Å². The van der Waals surface area contributed by atoms with Crippen LogP contribution in [0.5, 0.6) is 0 Å². The molecule has 1 aliphatic heterocycles. The maximum Gasteiger partial charge on any atom is 0.337 e. The Morgan fingerprint density at radius 2 is 1.72 bits per heavy atom. The lowest BCUT2D eigenvalue weighted by Gasteiger charge is -2.37. The van der Waals surface area contributed by atoms with Crippen molar-refractivity contribution in [2.24, 2.45) is 0 Å². The third-order valence-electron chi connectivity index (χ3n) is 4.79. The number of ether oxygens (including phenoxy) is 1. The van der Waals surface area contributed by atoms with Gasteiger partial charge in [-0.2, -0.15) is 0 Å². The third kappa shape index (κ3) is 3.97.